The van der Waals surface area contributed by atoms with E-state index in [2.05, 4.69) is 20.6 Å². The highest BCUT2D eigenvalue weighted by atomic mass is 32.1. The molecule has 0 saturated carbocycles. The van der Waals surface area contributed by atoms with Gasteiger partial charge in [-0.25, -0.2) is 9.78 Å². The minimum Gasteiger partial charge on any atom is -0.462 e. The van der Waals surface area contributed by atoms with Gasteiger partial charge in [0.2, 0.25) is 5.91 Å². The summed E-state index contributed by atoms with van der Waals surface area (Å²) in [5, 5.41) is 8.08. The predicted octanol–water partition coefficient (Wildman–Crippen LogP) is 3.29. The maximum atomic E-state index is 12.6. The Morgan fingerprint density at radius 1 is 1.23 bits per heavy atom. The third-order valence-electron chi connectivity index (χ3n) is 4.09. The number of thiazole rings is 1. The van der Waals surface area contributed by atoms with E-state index in [-0.39, 0.29) is 35.4 Å². The number of carbonyl (C=O) groups excluding carboxylic acids is 3. The maximum Gasteiger partial charge on any atom is 0.341 e. The predicted molar refractivity (Wildman–Crippen MR) is 116 cm³/mol. The molecule has 2 N–H and O–H groups in total. The molecule has 0 radical (unpaired) electrons. The summed E-state index contributed by atoms with van der Waals surface area (Å²) in [7, 11) is 1.51. The summed E-state index contributed by atoms with van der Waals surface area (Å²) in [5.74, 6) is -1.26. The molecule has 0 bridgehead atoms. The van der Waals surface area contributed by atoms with Crippen LogP contribution in [-0.2, 0) is 16.0 Å². The van der Waals surface area contributed by atoms with Gasteiger partial charge in [-0.2, -0.15) is 0 Å². The van der Waals surface area contributed by atoms with Crippen molar-refractivity contribution in [2.24, 2.45) is 0 Å². The van der Waals surface area contributed by atoms with Crippen molar-refractivity contribution >= 4 is 45.5 Å². The van der Waals surface area contributed by atoms with Gasteiger partial charge in [-0.15, -0.1) is 22.7 Å². The highest BCUT2D eigenvalue weighted by molar-refractivity contribution is 7.18. The molecule has 3 heterocycles. The normalized spacial score (nSPS) is 10.5. The summed E-state index contributed by atoms with van der Waals surface area (Å²) in [6.45, 7) is 3.54. The van der Waals surface area contributed by atoms with Gasteiger partial charge in [0, 0.05) is 18.6 Å². The number of hydrogen-bond acceptors (Lipinski definition) is 8. The fourth-order valence-corrected chi connectivity index (χ4v) is 4.66. The number of thiophene rings is 1. The molecule has 0 aliphatic heterocycles. The van der Waals surface area contributed by atoms with E-state index in [0.717, 1.165) is 22.0 Å². The van der Waals surface area contributed by atoms with E-state index in [1.54, 1.807) is 25.4 Å². The second-order valence-electron chi connectivity index (χ2n) is 6.14. The number of ether oxygens (including phenoxy) is 1. The van der Waals surface area contributed by atoms with Gasteiger partial charge in [0.05, 0.1) is 34.9 Å². The Morgan fingerprint density at radius 3 is 2.70 bits per heavy atom. The average molecular weight is 445 g/mol. The van der Waals surface area contributed by atoms with E-state index in [1.165, 1.54) is 18.4 Å². The summed E-state index contributed by atoms with van der Waals surface area (Å²) in [4.78, 5) is 46.2. The first kappa shape index (κ1) is 21.6. The highest BCUT2D eigenvalue weighted by Gasteiger charge is 2.26. The smallest absolute Gasteiger partial charge is 0.341 e. The SMILES string of the molecule is CCOC(=O)c1c(NC(=O)Cc2csc(-c3ccccn3)n2)sc(C(=O)NC)c1C. The Balaban J connectivity index is 1.80. The molecular weight excluding hydrogens is 424 g/mol. The Bertz CT molecular complexity index is 1080. The van der Waals surface area contributed by atoms with E-state index >= 15 is 0 Å². The van der Waals surface area contributed by atoms with Crippen LogP contribution >= 0.6 is 22.7 Å². The fraction of sp³-hybridized carbons (Fsp3) is 0.250. The molecule has 0 aliphatic carbocycles. The molecule has 0 fully saturated rings. The van der Waals surface area contributed by atoms with Gasteiger partial charge in [0.15, 0.2) is 0 Å². The van der Waals surface area contributed by atoms with E-state index in [1.807, 2.05) is 18.2 Å². The number of aromatic nitrogens is 2. The summed E-state index contributed by atoms with van der Waals surface area (Å²) in [6.07, 6.45) is 1.71. The van der Waals surface area contributed by atoms with Crippen molar-refractivity contribution in [3.63, 3.8) is 0 Å². The molecule has 0 unspecified atom stereocenters. The van der Waals surface area contributed by atoms with Crippen molar-refractivity contribution in [2.75, 3.05) is 19.0 Å². The van der Waals surface area contributed by atoms with Crippen LogP contribution in [0.15, 0.2) is 29.8 Å². The molecule has 0 spiro atoms. The van der Waals surface area contributed by atoms with E-state index in [9.17, 15) is 14.4 Å². The van der Waals surface area contributed by atoms with Crippen molar-refractivity contribution < 1.29 is 19.1 Å². The lowest BCUT2D eigenvalue weighted by Crippen LogP contribution is -2.18. The summed E-state index contributed by atoms with van der Waals surface area (Å²) < 4.78 is 5.10. The van der Waals surface area contributed by atoms with E-state index < -0.39 is 5.97 Å². The van der Waals surface area contributed by atoms with E-state index in [0.29, 0.717) is 16.1 Å². The minimum absolute atomic E-state index is 0.0256. The number of nitrogens with zero attached hydrogens (tertiary/aromatic N) is 2. The van der Waals surface area contributed by atoms with Crippen LogP contribution in [0.1, 0.15) is 38.2 Å². The molecule has 30 heavy (non-hydrogen) atoms. The van der Waals surface area contributed by atoms with Crippen LogP contribution in [0.4, 0.5) is 5.00 Å². The molecule has 156 valence electrons. The zero-order valence-electron chi connectivity index (χ0n) is 16.6. The topological polar surface area (TPSA) is 110 Å². The number of esters is 1. The quantitative estimate of drug-likeness (QED) is 0.541. The van der Waals surface area contributed by atoms with Crippen molar-refractivity contribution in [1.29, 1.82) is 0 Å². The lowest BCUT2D eigenvalue weighted by Gasteiger charge is -2.06. The fourth-order valence-electron chi connectivity index (χ4n) is 2.71. The van der Waals surface area contributed by atoms with Gasteiger partial charge in [-0.1, -0.05) is 6.07 Å². The summed E-state index contributed by atoms with van der Waals surface area (Å²) in [6, 6.07) is 5.54. The first-order valence-corrected chi connectivity index (χ1v) is 10.8. The largest absolute Gasteiger partial charge is 0.462 e. The van der Waals surface area contributed by atoms with Crippen LogP contribution in [-0.4, -0.2) is 41.4 Å². The lowest BCUT2D eigenvalue weighted by molar-refractivity contribution is -0.115. The van der Waals surface area contributed by atoms with Crippen LogP contribution in [0.5, 0.6) is 0 Å². The number of rotatable bonds is 7. The third kappa shape index (κ3) is 4.71. The van der Waals surface area contributed by atoms with Crippen LogP contribution in [0, 0.1) is 6.92 Å². The second kappa shape index (κ2) is 9.59. The molecule has 3 aromatic rings. The standard InChI is InChI=1S/C20H20N4O4S2/c1-4-28-20(27)15-11(2)16(17(26)21-3)30-19(15)24-14(25)9-12-10-29-18(23-12)13-7-5-6-8-22-13/h5-8,10H,4,9H2,1-3H3,(H,21,26)(H,24,25). The number of carbonyl (C=O) groups is 3. The number of amides is 2. The zero-order chi connectivity index (χ0) is 21.7. The van der Waals surface area contributed by atoms with Gasteiger partial charge in [0.1, 0.15) is 10.0 Å². The molecule has 0 atom stereocenters. The zero-order valence-corrected chi connectivity index (χ0v) is 18.3. The van der Waals surface area contributed by atoms with Crippen LogP contribution < -0.4 is 10.6 Å². The van der Waals surface area contributed by atoms with Crippen molar-refractivity contribution in [3.05, 3.63) is 51.5 Å². The molecular formula is C20H20N4O4S2. The molecule has 0 saturated heterocycles. The van der Waals surface area contributed by atoms with Gasteiger partial charge < -0.3 is 15.4 Å². The second-order valence-corrected chi connectivity index (χ2v) is 8.02. The molecule has 2 amide bonds. The van der Waals surface area contributed by atoms with Crippen molar-refractivity contribution in [3.8, 4) is 10.7 Å². The molecule has 8 nitrogen and oxygen atoms in total. The van der Waals surface area contributed by atoms with Gasteiger partial charge >= 0.3 is 5.97 Å². The van der Waals surface area contributed by atoms with Crippen molar-refractivity contribution in [1.82, 2.24) is 15.3 Å². The Morgan fingerprint density at radius 2 is 2.03 bits per heavy atom. The minimum atomic E-state index is -0.581. The van der Waals surface area contributed by atoms with Crippen LogP contribution in [0.2, 0.25) is 0 Å². The summed E-state index contributed by atoms with van der Waals surface area (Å²) >= 11 is 2.44. The Kier molecular flexibility index (Phi) is 6.91. The molecule has 0 aliphatic rings. The molecule has 0 aromatic carbocycles. The number of anilines is 1. The van der Waals surface area contributed by atoms with Gasteiger partial charge in [0.25, 0.3) is 5.91 Å². The van der Waals surface area contributed by atoms with Gasteiger partial charge in [-0.3, -0.25) is 14.6 Å². The summed E-state index contributed by atoms with van der Waals surface area (Å²) in [5.41, 5.74) is 2.00. The third-order valence-corrected chi connectivity index (χ3v) is 6.21. The van der Waals surface area contributed by atoms with Crippen LogP contribution in [0.25, 0.3) is 10.7 Å². The van der Waals surface area contributed by atoms with Crippen LogP contribution in [0.3, 0.4) is 0 Å². The number of nitrogens with one attached hydrogen (secondary N) is 2. The number of hydrogen-bond donors (Lipinski definition) is 2. The maximum absolute atomic E-state index is 12.6. The first-order valence-electron chi connectivity index (χ1n) is 9.12. The van der Waals surface area contributed by atoms with Gasteiger partial charge in [-0.05, 0) is 31.5 Å². The molecule has 3 aromatic heterocycles. The molecule has 10 heteroatoms. The number of pyridine rings is 1. The highest BCUT2D eigenvalue weighted by Crippen LogP contribution is 2.34. The average Bonchev–Trinajstić information content (AvgIpc) is 3.32. The monoisotopic (exact) mass is 444 g/mol. The first-order chi connectivity index (χ1) is 14.4. The Labute approximate surface area is 181 Å². The van der Waals surface area contributed by atoms with Crippen molar-refractivity contribution in [2.45, 2.75) is 20.3 Å². The molecule has 3 rings (SSSR count). The Hall–Kier alpha value is -3.11. The lowest BCUT2D eigenvalue weighted by atomic mass is 10.1. The van der Waals surface area contributed by atoms with E-state index in [4.69, 9.17) is 4.74 Å².